The van der Waals surface area contributed by atoms with Gasteiger partial charge in [0.1, 0.15) is 0 Å². The molecule has 2 amide bonds. The first-order valence-electron chi connectivity index (χ1n) is 6.61. The van der Waals surface area contributed by atoms with Crippen molar-refractivity contribution in [2.45, 2.75) is 19.0 Å². The molecule has 0 heterocycles. The van der Waals surface area contributed by atoms with Crippen LogP contribution in [-0.4, -0.2) is 24.9 Å². The van der Waals surface area contributed by atoms with Crippen molar-refractivity contribution >= 4 is 11.8 Å². The van der Waals surface area contributed by atoms with Crippen LogP contribution in [0.1, 0.15) is 28.8 Å². The van der Waals surface area contributed by atoms with E-state index in [-0.39, 0.29) is 23.9 Å². The van der Waals surface area contributed by atoms with Crippen molar-refractivity contribution in [2.24, 2.45) is 5.92 Å². The van der Waals surface area contributed by atoms with Gasteiger partial charge in [0, 0.05) is 24.6 Å². The molecule has 0 aliphatic heterocycles. The Morgan fingerprint density at radius 2 is 1.62 bits per heavy atom. The van der Waals surface area contributed by atoms with Gasteiger partial charge in [-0.1, -0.05) is 0 Å². The van der Waals surface area contributed by atoms with Crippen LogP contribution in [0.2, 0.25) is 0 Å². The number of hydrogen-bond acceptors (Lipinski definition) is 2. The molecule has 0 radical (unpaired) electrons. The second kappa shape index (κ2) is 6.15. The Kier molecular flexibility index (Phi) is 4.50. The lowest BCUT2D eigenvalue weighted by Crippen LogP contribution is -2.35. The minimum atomic E-state index is -4.41. The lowest BCUT2D eigenvalue weighted by atomic mass is 10.1. The predicted molar refractivity (Wildman–Crippen MR) is 69.5 cm³/mol. The van der Waals surface area contributed by atoms with Crippen LogP contribution in [0.5, 0.6) is 0 Å². The molecule has 0 saturated heterocycles. The maximum absolute atomic E-state index is 12.4. The standard InChI is InChI=1S/C14H15F3N2O2/c15-14(16,17)11-5-3-10(4-6-11)13(21)19-8-7-18-12(20)9-1-2-9/h3-6,9H,1-2,7-8H2,(H,18,20)(H,19,21). The zero-order valence-electron chi connectivity index (χ0n) is 11.2. The lowest BCUT2D eigenvalue weighted by molar-refractivity contribution is -0.137. The molecule has 0 aromatic heterocycles. The maximum Gasteiger partial charge on any atom is 0.416 e. The summed E-state index contributed by atoms with van der Waals surface area (Å²) in [6.45, 7) is 0.542. The van der Waals surface area contributed by atoms with E-state index < -0.39 is 17.6 Å². The second-order valence-electron chi connectivity index (χ2n) is 4.90. The highest BCUT2D eigenvalue weighted by Gasteiger charge is 2.30. The predicted octanol–water partition coefficient (Wildman–Crippen LogP) is 1.96. The summed E-state index contributed by atoms with van der Waals surface area (Å²) in [7, 11) is 0. The summed E-state index contributed by atoms with van der Waals surface area (Å²) in [5.41, 5.74) is -0.646. The van der Waals surface area contributed by atoms with Crippen LogP contribution in [0.15, 0.2) is 24.3 Å². The maximum atomic E-state index is 12.4. The third-order valence-electron chi connectivity index (χ3n) is 3.13. The molecule has 2 N–H and O–H groups in total. The number of alkyl halides is 3. The van der Waals surface area contributed by atoms with Gasteiger partial charge in [-0.2, -0.15) is 13.2 Å². The third kappa shape index (κ3) is 4.47. The van der Waals surface area contributed by atoms with Gasteiger partial charge in [-0.15, -0.1) is 0 Å². The molecule has 21 heavy (non-hydrogen) atoms. The van der Waals surface area contributed by atoms with Crippen molar-refractivity contribution in [3.05, 3.63) is 35.4 Å². The van der Waals surface area contributed by atoms with Crippen LogP contribution >= 0.6 is 0 Å². The summed E-state index contributed by atoms with van der Waals surface area (Å²) < 4.78 is 37.1. The highest BCUT2D eigenvalue weighted by Crippen LogP contribution is 2.29. The molecular formula is C14H15F3N2O2. The Hall–Kier alpha value is -2.05. The van der Waals surface area contributed by atoms with Gasteiger partial charge in [0.25, 0.3) is 5.91 Å². The first-order valence-corrected chi connectivity index (χ1v) is 6.61. The summed E-state index contributed by atoms with van der Waals surface area (Å²) in [6, 6.07) is 3.98. The number of nitrogens with one attached hydrogen (secondary N) is 2. The van der Waals surface area contributed by atoms with Gasteiger partial charge in [-0.05, 0) is 37.1 Å². The van der Waals surface area contributed by atoms with Crippen molar-refractivity contribution in [3.63, 3.8) is 0 Å². The number of amides is 2. The average molecular weight is 300 g/mol. The minimum absolute atomic E-state index is 0.0150. The molecule has 1 aliphatic rings. The van der Waals surface area contributed by atoms with Crippen LogP contribution in [0.3, 0.4) is 0 Å². The lowest BCUT2D eigenvalue weighted by Gasteiger charge is -2.09. The van der Waals surface area contributed by atoms with Gasteiger partial charge < -0.3 is 10.6 Å². The summed E-state index contributed by atoms with van der Waals surface area (Å²) in [5, 5.41) is 5.21. The number of carbonyl (C=O) groups is 2. The van der Waals surface area contributed by atoms with Crippen molar-refractivity contribution in [2.75, 3.05) is 13.1 Å². The fraction of sp³-hybridized carbons (Fsp3) is 0.429. The van der Waals surface area contributed by atoms with Gasteiger partial charge in [0.2, 0.25) is 5.91 Å². The van der Waals surface area contributed by atoms with Gasteiger partial charge in [-0.3, -0.25) is 9.59 Å². The van der Waals surface area contributed by atoms with E-state index in [1.807, 2.05) is 0 Å². The van der Waals surface area contributed by atoms with Gasteiger partial charge in [0.15, 0.2) is 0 Å². The van der Waals surface area contributed by atoms with Gasteiger partial charge in [-0.25, -0.2) is 0 Å². The second-order valence-corrected chi connectivity index (χ2v) is 4.90. The summed E-state index contributed by atoms with van der Waals surface area (Å²) in [6.07, 6.45) is -2.60. The molecular weight excluding hydrogens is 285 g/mol. The molecule has 0 unspecified atom stereocenters. The smallest absolute Gasteiger partial charge is 0.354 e. The molecule has 1 fully saturated rings. The molecule has 1 aromatic rings. The topological polar surface area (TPSA) is 58.2 Å². The minimum Gasteiger partial charge on any atom is -0.354 e. The molecule has 0 bridgehead atoms. The van der Waals surface area contributed by atoms with E-state index in [1.54, 1.807) is 0 Å². The first kappa shape index (κ1) is 15.3. The van der Waals surface area contributed by atoms with Gasteiger partial charge in [0.05, 0.1) is 5.56 Å². The van der Waals surface area contributed by atoms with Crippen LogP contribution in [0.25, 0.3) is 0 Å². The number of carbonyl (C=O) groups excluding carboxylic acids is 2. The normalized spacial score (nSPS) is 14.6. The first-order chi connectivity index (χ1) is 9.88. The van der Waals surface area contributed by atoms with E-state index in [0.29, 0.717) is 6.54 Å². The van der Waals surface area contributed by atoms with E-state index in [1.165, 1.54) is 0 Å². The fourth-order valence-electron chi connectivity index (χ4n) is 1.76. The summed E-state index contributed by atoms with van der Waals surface area (Å²) in [4.78, 5) is 23.0. The van der Waals surface area contributed by atoms with Crippen LogP contribution < -0.4 is 10.6 Å². The van der Waals surface area contributed by atoms with Crippen LogP contribution in [0.4, 0.5) is 13.2 Å². The molecule has 1 aliphatic carbocycles. The number of hydrogen-bond donors (Lipinski definition) is 2. The highest BCUT2D eigenvalue weighted by molar-refractivity contribution is 5.94. The molecule has 114 valence electrons. The van der Waals surface area contributed by atoms with Crippen LogP contribution in [-0.2, 0) is 11.0 Å². The fourth-order valence-corrected chi connectivity index (χ4v) is 1.76. The SMILES string of the molecule is O=C(NCCNC(=O)C1CC1)c1ccc(C(F)(F)F)cc1. The van der Waals surface area contributed by atoms with E-state index in [0.717, 1.165) is 37.1 Å². The quantitative estimate of drug-likeness (QED) is 0.817. The average Bonchev–Trinajstić information content (AvgIpc) is 3.27. The van der Waals surface area contributed by atoms with Crippen molar-refractivity contribution in [3.8, 4) is 0 Å². The molecule has 0 atom stereocenters. The van der Waals surface area contributed by atoms with Crippen LogP contribution in [0, 0.1) is 5.92 Å². The molecule has 1 aromatic carbocycles. The largest absolute Gasteiger partial charge is 0.416 e. The van der Waals surface area contributed by atoms with E-state index in [2.05, 4.69) is 10.6 Å². The van der Waals surface area contributed by atoms with Gasteiger partial charge >= 0.3 is 6.18 Å². The van der Waals surface area contributed by atoms with Crippen molar-refractivity contribution in [1.29, 1.82) is 0 Å². The van der Waals surface area contributed by atoms with E-state index in [4.69, 9.17) is 0 Å². The Morgan fingerprint density at radius 3 is 2.14 bits per heavy atom. The number of rotatable bonds is 5. The number of benzene rings is 1. The molecule has 4 nitrogen and oxygen atoms in total. The Bertz CT molecular complexity index is 522. The van der Waals surface area contributed by atoms with Crippen molar-refractivity contribution < 1.29 is 22.8 Å². The summed E-state index contributed by atoms with van der Waals surface area (Å²) in [5.74, 6) is -0.376. The Labute approximate surface area is 119 Å². The molecule has 7 heteroatoms. The summed E-state index contributed by atoms with van der Waals surface area (Å²) >= 11 is 0. The monoisotopic (exact) mass is 300 g/mol. The number of halogens is 3. The third-order valence-corrected chi connectivity index (χ3v) is 3.13. The highest BCUT2D eigenvalue weighted by atomic mass is 19.4. The van der Waals surface area contributed by atoms with Crippen molar-refractivity contribution in [1.82, 2.24) is 10.6 Å². The van der Waals surface area contributed by atoms with E-state index in [9.17, 15) is 22.8 Å². The van der Waals surface area contributed by atoms with E-state index >= 15 is 0 Å². The Balaban J connectivity index is 1.76. The zero-order chi connectivity index (χ0) is 15.5. The molecule has 1 saturated carbocycles. The molecule has 2 rings (SSSR count). The molecule has 0 spiro atoms. The zero-order valence-corrected chi connectivity index (χ0v) is 11.2. The Morgan fingerprint density at radius 1 is 1.05 bits per heavy atom.